The maximum Gasteiger partial charge on any atom is 0.126 e. The van der Waals surface area contributed by atoms with Gasteiger partial charge in [-0.25, -0.2) is 4.39 Å². The average Bonchev–Trinajstić information content (AvgIpc) is 2.51. The molecule has 2 nitrogen and oxygen atoms in total. The Labute approximate surface area is 126 Å². The smallest absolute Gasteiger partial charge is 0.126 e. The van der Waals surface area contributed by atoms with Gasteiger partial charge in [0.05, 0.1) is 0 Å². The van der Waals surface area contributed by atoms with Crippen molar-refractivity contribution in [3.8, 4) is 0 Å². The zero-order chi connectivity index (χ0) is 15.1. The van der Waals surface area contributed by atoms with Gasteiger partial charge >= 0.3 is 0 Å². The maximum atomic E-state index is 13.8. The zero-order valence-electron chi connectivity index (χ0n) is 12.8. The van der Waals surface area contributed by atoms with Crippen molar-refractivity contribution in [2.45, 2.75) is 39.2 Å². The van der Waals surface area contributed by atoms with Crippen LogP contribution in [0, 0.1) is 12.7 Å². The Kier molecular flexibility index (Phi) is 5.88. The summed E-state index contributed by atoms with van der Waals surface area (Å²) in [5.74, 6) is -0.131. The van der Waals surface area contributed by atoms with Gasteiger partial charge in [0, 0.05) is 17.9 Å². The van der Waals surface area contributed by atoms with Gasteiger partial charge in [-0.05, 0) is 62.1 Å². The highest BCUT2D eigenvalue weighted by atomic mass is 19.1. The van der Waals surface area contributed by atoms with Crippen molar-refractivity contribution in [2.24, 2.45) is 0 Å². The monoisotopic (exact) mass is 286 g/mol. The van der Waals surface area contributed by atoms with E-state index in [0.29, 0.717) is 5.56 Å². The Morgan fingerprint density at radius 1 is 1.24 bits per heavy atom. The van der Waals surface area contributed by atoms with E-state index in [1.807, 2.05) is 36.5 Å². The molecule has 1 N–H and O–H groups in total. The second-order valence-electron chi connectivity index (χ2n) is 5.38. The number of nitrogens with zero attached hydrogens (tertiary/aromatic N) is 1. The third kappa shape index (κ3) is 4.64. The molecule has 0 amide bonds. The number of rotatable bonds is 7. The van der Waals surface area contributed by atoms with Crippen LogP contribution in [0.2, 0.25) is 0 Å². The number of pyridine rings is 1. The van der Waals surface area contributed by atoms with Crippen molar-refractivity contribution < 1.29 is 4.39 Å². The van der Waals surface area contributed by atoms with Gasteiger partial charge in [-0.1, -0.05) is 25.1 Å². The summed E-state index contributed by atoms with van der Waals surface area (Å²) >= 11 is 0. The van der Waals surface area contributed by atoms with E-state index in [-0.39, 0.29) is 11.9 Å². The van der Waals surface area contributed by atoms with Gasteiger partial charge in [0.2, 0.25) is 0 Å². The van der Waals surface area contributed by atoms with Crippen LogP contribution in [0.15, 0.2) is 42.6 Å². The van der Waals surface area contributed by atoms with Crippen LogP contribution >= 0.6 is 0 Å². The zero-order valence-corrected chi connectivity index (χ0v) is 12.8. The molecule has 0 bridgehead atoms. The van der Waals surface area contributed by atoms with Gasteiger partial charge < -0.3 is 5.32 Å². The summed E-state index contributed by atoms with van der Waals surface area (Å²) in [4.78, 5) is 4.35. The lowest BCUT2D eigenvalue weighted by Crippen LogP contribution is -2.23. The van der Waals surface area contributed by atoms with E-state index in [9.17, 15) is 4.39 Å². The van der Waals surface area contributed by atoms with Crippen molar-refractivity contribution >= 4 is 0 Å². The first-order chi connectivity index (χ1) is 10.2. The first-order valence-electron chi connectivity index (χ1n) is 7.60. The number of aromatic nitrogens is 1. The summed E-state index contributed by atoms with van der Waals surface area (Å²) < 4.78 is 13.8. The van der Waals surface area contributed by atoms with E-state index in [2.05, 4.69) is 17.2 Å². The highest BCUT2D eigenvalue weighted by Crippen LogP contribution is 2.21. The number of benzene rings is 1. The minimum atomic E-state index is -0.131. The normalized spacial score (nSPS) is 12.3. The van der Waals surface area contributed by atoms with Gasteiger partial charge in [0.1, 0.15) is 5.82 Å². The molecule has 3 heteroatoms. The van der Waals surface area contributed by atoms with Crippen LogP contribution in [0.4, 0.5) is 4.39 Å². The SMILES string of the molecule is CCCNC(CCc1ccccn1)c1ccc(C)c(F)c1. The van der Waals surface area contributed by atoms with Crippen LogP contribution in [0.1, 0.15) is 42.6 Å². The molecule has 2 aromatic rings. The van der Waals surface area contributed by atoms with Crippen molar-refractivity contribution in [2.75, 3.05) is 6.54 Å². The molecule has 1 aromatic carbocycles. The lowest BCUT2D eigenvalue weighted by atomic mass is 9.99. The molecular weight excluding hydrogens is 263 g/mol. The summed E-state index contributed by atoms with van der Waals surface area (Å²) in [6.45, 7) is 4.86. The van der Waals surface area contributed by atoms with E-state index in [1.54, 1.807) is 13.0 Å². The van der Waals surface area contributed by atoms with E-state index in [1.165, 1.54) is 0 Å². The Morgan fingerprint density at radius 3 is 2.76 bits per heavy atom. The van der Waals surface area contributed by atoms with Gasteiger partial charge in [-0.15, -0.1) is 0 Å². The number of hydrogen-bond acceptors (Lipinski definition) is 2. The Morgan fingerprint density at radius 2 is 2.10 bits per heavy atom. The van der Waals surface area contributed by atoms with Crippen LogP contribution in [0.3, 0.4) is 0 Å². The molecule has 0 aliphatic carbocycles. The van der Waals surface area contributed by atoms with Crippen molar-refractivity contribution in [1.29, 1.82) is 0 Å². The number of hydrogen-bond donors (Lipinski definition) is 1. The minimum Gasteiger partial charge on any atom is -0.310 e. The molecular formula is C18H23FN2. The molecule has 1 atom stereocenters. The fourth-order valence-corrected chi connectivity index (χ4v) is 2.37. The second-order valence-corrected chi connectivity index (χ2v) is 5.38. The topological polar surface area (TPSA) is 24.9 Å². The van der Waals surface area contributed by atoms with E-state index in [0.717, 1.165) is 37.1 Å². The first-order valence-corrected chi connectivity index (χ1v) is 7.60. The number of halogens is 1. The summed E-state index contributed by atoms with van der Waals surface area (Å²) in [6, 6.07) is 11.7. The minimum absolute atomic E-state index is 0.131. The largest absolute Gasteiger partial charge is 0.310 e. The van der Waals surface area contributed by atoms with E-state index < -0.39 is 0 Å². The molecule has 2 rings (SSSR count). The molecule has 21 heavy (non-hydrogen) atoms. The summed E-state index contributed by atoms with van der Waals surface area (Å²) in [6.07, 6.45) is 4.68. The lowest BCUT2D eigenvalue weighted by Gasteiger charge is -2.19. The van der Waals surface area contributed by atoms with Crippen molar-refractivity contribution in [3.05, 3.63) is 65.2 Å². The fraction of sp³-hybridized carbons (Fsp3) is 0.389. The first kappa shape index (κ1) is 15.6. The van der Waals surface area contributed by atoms with E-state index >= 15 is 0 Å². The van der Waals surface area contributed by atoms with Crippen LogP contribution in [0.25, 0.3) is 0 Å². The second kappa shape index (κ2) is 7.89. The lowest BCUT2D eigenvalue weighted by molar-refractivity contribution is 0.493. The molecule has 0 fully saturated rings. The highest BCUT2D eigenvalue weighted by molar-refractivity contribution is 5.26. The third-order valence-electron chi connectivity index (χ3n) is 3.65. The summed E-state index contributed by atoms with van der Waals surface area (Å²) in [7, 11) is 0. The molecule has 112 valence electrons. The molecule has 0 aliphatic heterocycles. The molecule has 1 heterocycles. The van der Waals surface area contributed by atoms with Gasteiger partial charge in [0.15, 0.2) is 0 Å². The van der Waals surface area contributed by atoms with Crippen LogP contribution < -0.4 is 5.32 Å². The molecule has 0 saturated heterocycles. The standard InChI is InChI=1S/C18H23FN2/c1-3-11-21-18(10-9-16-6-4-5-12-20-16)15-8-7-14(2)17(19)13-15/h4-8,12-13,18,21H,3,9-11H2,1-2H3. The van der Waals surface area contributed by atoms with Crippen molar-refractivity contribution in [3.63, 3.8) is 0 Å². The van der Waals surface area contributed by atoms with Crippen molar-refractivity contribution in [1.82, 2.24) is 10.3 Å². The quantitative estimate of drug-likeness (QED) is 0.825. The molecule has 0 radical (unpaired) electrons. The van der Waals surface area contributed by atoms with Crippen LogP contribution in [0.5, 0.6) is 0 Å². The predicted molar refractivity (Wildman–Crippen MR) is 84.7 cm³/mol. The Hall–Kier alpha value is -1.74. The summed E-state index contributed by atoms with van der Waals surface area (Å²) in [5, 5.41) is 3.51. The Bertz CT molecular complexity index is 554. The third-order valence-corrected chi connectivity index (χ3v) is 3.65. The fourth-order valence-electron chi connectivity index (χ4n) is 2.37. The van der Waals surface area contributed by atoms with Gasteiger partial charge in [-0.3, -0.25) is 4.98 Å². The van der Waals surface area contributed by atoms with E-state index in [4.69, 9.17) is 0 Å². The molecule has 1 aromatic heterocycles. The summed E-state index contributed by atoms with van der Waals surface area (Å²) in [5.41, 5.74) is 2.79. The predicted octanol–water partition coefficient (Wildman–Crippen LogP) is 4.20. The Balaban J connectivity index is 2.08. The molecule has 1 unspecified atom stereocenters. The van der Waals surface area contributed by atoms with Crippen LogP contribution in [-0.2, 0) is 6.42 Å². The molecule has 0 saturated carbocycles. The average molecular weight is 286 g/mol. The van der Waals surface area contributed by atoms with Gasteiger partial charge in [0.25, 0.3) is 0 Å². The van der Waals surface area contributed by atoms with Crippen LogP contribution in [-0.4, -0.2) is 11.5 Å². The highest BCUT2D eigenvalue weighted by Gasteiger charge is 2.12. The molecule has 0 spiro atoms. The molecule has 0 aliphatic rings. The number of aryl methyl sites for hydroxylation is 2. The number of nitrogens with one attached hydrogen (secondary N) is 1. The van der Waals surface area contributed by atoms with Gasteiger partial charge in [-0.2, -0.15) is 0 Å². The maximum absolute atomic E-state index is 13.8.